The van der Waals surface area contributed by atoms with Crippen molar-refractivity contribution in [1.29, 1.82) is 0 Å². The van der Waals surface area contributed by atoms with Gasteiger partial charge in [0, 0.05) is 7.11 Å². The summed E-state index contributed by atoms with van der Waals surface area (Å²) in [7, 11) is 3.52. The van der Waals surface area contributed by atoms with Crippen LogP contribution in [0, 0.1) is 12.3 Å². The molecule has 0 aliphatic rings. The van der Waals surface area contributed by atoms with E-state index in [0.717, 1.165) is 6.42 Å². The fraction of sp³-hybridized carbons (Fsp3) is 0.750. The second-order valence-electron chi connectivity index (χ2n) is 2.12. The molecule has 1 N–H and O–H groups in total. The molecule has 0 spiro atoms. The number of ether oxygens (including phenoxy) is 1. The molecule has 0 heterocycles. The highest BCUT2D eigenvalue weighted by molar-refractivity contribution is 5.02. The molecule has 2 nitrogen and oxygen atoms in total. The molecule has 0 aromatic carbocycles. The van der Waals surface area contributed by atoms with Crippen LogP contribution in [0.4, 0.5) is 0 Å². The maximum absolute atomic E-state index is 5.24. The van der Waals surface area contributed by atoms with Gasteiger partial charge in [0.1, 0.15) is 0 Å². The number of nitrogens with one attached hydrogen (secondary N) is 1. The van der Waals surface area contributed by atoms with Crippen molar-refractivity contribution in [2.45, 2.75) is 25.5 Å². The molecule has 0 amide bonds. The maximum Gasteiger partial charge on any atom is 0.0949 e. The first-order valence-electron chi connectivity index (χ1n) is 3.46. The Morgan fingerprint density at radius 2 is 2.30 bits per heavy atom. The summed E-state index contributed by atoms with van der Waals surface area (Å²) >= 11 is 0. The highest BCUT2D eigenvalue weighted by Crippen LogP contribution is 2.00. The van der Waals surface area contributed by atoms with Crippen LogP contribution in [0.2, 0.25) is 0 Å². The van der Waals surface area contributed by atoms with E-state index in [1.165, 1.54) is 0 Å². The van der Waals surface area contributed by atoms with E-state index in [4.69, 9.17) is 11.2 Å². The lowest BCUT2D eigenvalue weighted by molar-refractivity contribution is 0.0836. The summed E-state index contributed by atoms with van der Waals surface area (Å²) < 4.78 is 5.14. The van der Waals surface area contributed by atoms with Gasteiger partial charge >= 0.3 is 0 Å². The summed E-state index contributed by atoms with van der Waals surface area (Å²) in [4.78, 5) is 0. The minimum atomic E-state index is 0.0370. The van der Waals surface area contributed by atoms with E-state index in [0.29, 0.717) is 0 Å². The summed E-state index contributed by atoms with van der Waals surface area (Å²) in [5.74, 6) is 2.62. The van der Waals surface area contributed by atoms with Gasteiger partial charge in [-0.3, -0.25) is 0 Å². The molecule has 58 valence electrons. The van der Waals surface area contributed by atoms with E-state index in [-0.39, 0.29) is 12.1 Å². The Labute approximate surface area is 63.0 Å². The van der Waals surface area contributed by atoms with Crippen LogP contribution < -0.4 is 5.32 Å². The summed E-state index contributed by atoms with van der Waals surface area (Å²) in [6, 6.07) is 0.0370. The van der Waals surface area contributed by atoms with Crippen molar-refractivity contribution >= 4 is 0 Å². The summed E-state index contributed by atoms with van der Waals surface area (Å²) in [5.41, 5.74) is 0. The molecule has 0 aromatic heterocycles. The van der Waals surface area contributed by atoms with Crippen molar-refractivity contribution in [3.8, 4) is 12.3 Å². The van der Waals surface area contributed by atoms with Crippen molar-refractivity contribution in [2.75, 3.05) is 14.2 Å². The first kappa shape index (κ1) is 9.48. The highest BCUT2D eigenvalue weighted by Gasteiger charge is 2.13. The molecule has 10 heavy (non-hydrogen) atoms. The van der Waals surface area contributed by atoms with Gasteiger partial charge in [0.05, 0.1) is 12.1 Å². The molecule has 0 fully saturated rings. The molecule has 0 saturated carbocycles. The number of methoxy groups -OCH3 is 1. The zero-order valence-corrected chi connectivity index (χ0v) is 6.85. The topological polar surface area (TPSA) is 21.3 Å². The molecular formula is C8H15NO. The monoisotopic (exact) mass is 141 g/mol. The van der Waals surface area contributed by atoms with Gasteiger partial charge in [-0.15, -0.1) is 6.42 Å². The Kier molecular flexibility index (Phi) is 5.00. The lowest BCUT2D eigenvalue weighted by Crippen LogP contribution is -2.37. The fourth-order valence-electron chi connectivity index (χ4n) is 0.915. The van der Waals surface area contributed by atoms with Gasteiger partial charge < -0.3 is 10.1 Å². The molecular weight excluding hydrogens is 126 g/mol. The van der Waals surface area contributed by atoms with Gasteiger partial charge in [-0.05, 0) is 13.5 Å². The second kappa shape index (κ2) is 5.28. The fourth-order valence-corrected chi connectivity index (χ4v) is 0.915. The minimum absolute atomic E-state index is 0.0370. The van der Waals surface area contributed by atoms with Crippen molar-refractivity contribution in [3.63, 3.8) is 0 Å². The van der Waals surface area contributed by atoms with E-state index in [2.05, 4.69) is 18.2 Å². The Morgan fingerprint density at radius 1 is 1.70 bits per heavy atom. The number of terminal acetylenes is 1. The predicted molar refractivity (Wildman–Crippen MR) is 42.8 cm³/mol. The van der Waals surface area contributed by atoms with Crippen LogP contribution in [0.5, 0.6) is 0 Å². The van der Waals surface area contributed by atoms with Crippen LogP contribution in [0.1, 0.15) is 13.3 Å². The van der Waals surface area contributed by atoms with Crippen molar-refractivity contribution < 1.29 is 4.74 Å². The van der Waals surface area contributed by atoms with Crippen molar-refractivity contribution in [3.05, 3.63) is 0 Å². The number of rotatable bonds is 4. The zero-order chi connectivity index (χ0) is 7.98. The van der Waals surface area contributed by atoms with Crippen LogP contribution >= 0.6 is 0 Å². The van der Waals surface area contributed by atoms with Crippen LogP contribution in [0.15, 0.2) is 0 Å². The minimum Gasteiger partial charge on any atom is -0.379 e. The quantitative estimate of drug-likeness (QED) is 0.580. The first-order valence-corrected chi connectivity index (χ1v) is 3.46. The molecule has 0 radical (unpaired) electrons. The van der Waals surface area contributed by atoms with E-state index in [1.54, 1.807) is 7.11 Å². The summed E-state index contributed by atoms with van der Waals surface area (Å²) in [6.45, 7) is 2.05. The van der Waals surface area contributed by atoms with Gasteiger partial charge in [-0.2, -0.15) is 0 Å². The Bertz CT molecular complexity index is 113. The van der Waals surface area contributed by atoms with Crippen molar-refractivity contribution in [2.24, 2.45) is 0 Å². The molecule has 2 atom stereocenters. The normalized spacial score (nSPS) is 15.8. The van der Waals surface area contributed by atoms with E-state index < -0.39 is 0 Å². The molecule has 2 heteroatoms. The third-order valence-corrected chi connectivity index (χ3v) is 1.57. The highest BCUT2D eigenvalue weighted by atomic mass is 16.5. The average Bonchev–Trinajstić information content (AvgIpc) is 2.00. The molecule has 0 aliphatic heterocycles. The van der Waals surface area contributed by atoms with E-state index in [1.807, 2.05) is 7.05 Å². The average molecular weight is 141 g/mol. The smallest absolute Gasteiger partial charge is 0.0949 e. The van der Waals surface area contributed by atoms with Gasteiger partial charge in [-0.25, -0.2) is 0 Å². The standard InChI is InChI=1S/C8H15NO/c1-5-7(9-3)8(6-2)10-4/h1,7-9H,6H2,2-4H3. The molecule has 0 aromatic rings. The summed E-state index contributed by atoms with van der Waals surface area (Å²) in [5, 5.41) is 2.99. The second-order valence-corrected chi connectivity index (χ2v) is 2.12. The van der Waals surface area contributed by atoms with Gasteiger partial charge in [0.15, 0.2) is 0 Å². The molecule has 0 rings (SSSR count). The van der Waals surface area contributed by atoms with Gasteiger partial charge in [0.25, 0.3) is 0 Å². The molecule has 0 saturated heterocycles. The lowest BCUT2D eigenvalue weighted by atomic mass is 10.1. The Morgan fingerprint density at radius 3 is 2.40 bits per heavy atom. The predicted octanol–water partition coefficient (Wildman–Crippen LogP) is 0.633. The zero-order valence-electron chi connectivity index (χ0n) is 6.85. The lowest BCUT2D eigenvalue weighted by Gasteiger charge is -2.19. The maximum atomic E-state index is 5.24. The molecule has 0 bridgehead atoms. The van der Waals surface area contributed by atoms with Crippen LogP contribution in [-0.4, -0.2) is 26.3 Å². The summed E-state index contributed by atoms with van der Waals surface area (Å²) in [6.07, 6.45) is 6.31. The first-order chi connectivity index (χ1) is 4.79. The third-order valence-electron chi connectivity index (χ3n) is 1.57. The Hall–Kier alpha value is -0.520. The number of likely N-dealkylation sites (N-methyl/N-ethyl adjacent to an activating group) is 1. The van der Waals surface area contributed by atoms with Crippen LogP contribution in [0.3, 0.4) is 0 Å². The Balaban J connectivity index is 3.85. The third kappa shape index (κ3) is 2.38. The van der Waals surface area contributed by atoms with E-state index in [9.17, 15) is 0 Å². The largest absolute Gasteiger partial charge is 0.379 e. The van der Waals surface area contributed by atoms with Gasteiger partial charge in [0.2, 0.25) is 0 Å². The van der Waals surface area contributed by atoms with Crippen LogP contribution in [-0.2, 0) is 4.74 Å². The number of hydrogen-bond acceptors (Lipinski definition) is 2. The number of hydrogen-bond donors (Lipinski definition) is 1. The SMILES string of the molecule is C#CC(NC)C(CC)OC. The van der Waals surface area contributed by atoms with E-state index >= 15 is 0 Å². The molecule has 2 unspecified atom stereocenters. The van der Waals surface area contributed by atoms with Crippen molar-refractivity contribution in [1.82, 2.24) is 5.32 Å². The van der Waals surface area contributed by atoms with Gasteiger partial charge in [-0.1, -0.05) is 12.8 Å². The molecule has 0 aliphatic carbocycles. The van der Waals surface area contributed by atoms with Crippen LogP contribution in [0.25, 0.3) is 0 Å².